The number of ether oxygens (including phenoxy) is 2. The van der Waals surface area contributed by atoms with Crippen molar-refractivity contribution >= 4 is 7.85 Å². The second-order valence-electron chi connectivity index (χ2n) is 6.96. The molecule has 0 rings (SSSR count). The Morgan fingerprint density at radius 3 is 2.11 bits per heavy atom. The number of hydrogen-bond acceptors (Lipinski definition) is 2. The summed E-state index contributed by atoms with van der Waals surface area (Å²) in [6.07, 6.45) is 1.35. The van der Waals surface area contributed by atoms with Gasteiger partial charge in [-0.05, 0) is 32.6 Å². The van der Waals surface area contributed by atoms with Crippen LogP contribution >= 0.6 is 0 Å². The van der Waals surface area contributed by atoms with Gasteiger partial charge < -0.3 is 9.47 Å². The normalized spacial score (nSPS) is 14.6. The predicted molar refractivity (Wildman–Crippen MR) is 79.2 cm³/mol. The minimum Gasteiger partial charge on any atom is -0.373 e. The van der Waals surface area contributed by atoms with Gasteiger partial charge >= 0.3 is 0 Å². The molecule has 0 spiro atoms. The lowest BCUT2D eigenvalue weighted by molar-refractivity contribution is -0.0635. The number of rotatable bonds is 7. The van der Waals surface area contributed by atoms with Gasteiger partial charge in [-0.1, -0.05) is 39.2 Å². The van der Waals surface area contributed by atoms with Crippen molar-refractivity contribution in [3.8, 4) is 0 Å². The topological polar surface area (TPSA) is 18.5 Å². The maximum absolute atomic E-state index is 5.86. The van der Waals surface area contributed by atoms with Crippen molar-refractivity contribution < 1.29 is 9.47 Å². The molecule has 0 N–H and O–H groups in total. The summed E-state index contributed by atoms with van der Waals surface area (Å²) < 4.78 is 11.6. The first-order chi connectivity index (χ1) is 8.05. The molecule has 104 valence electrons. The number of hydrogen-bond donors (Lipinski definition) is 0. The zero-order valence-electron chi connectivity index (χ0n) is 13.0. The molecule has 1 unspecified atom stereocenters. The van der Waals surface area contributed by atoms with Crippen LogP contribution in [0.1, 0.15) is 48.0 Å². The maximum Gasteiger partial charge on any atom is 0.101 e. The van der Waals surface area contributed by atoms with Crippen molar-refractivity contribution in [3.05, 3.63) is 12.2 Å². The van der Waals surface area contributed by atoms with E-state index >= 15 is 0 Å². The van der Waals surface area contributed by atoms with E-state index in [0.29, 0.717) is 19.5 Å². The highest BCUT2D eigenvalue weighted by Crippen LogP contribution is 2.20. The molecule has 0 heterocycles. The van der Waals surface area contributed by atoms with Crippen LogP contribution in [-0.4, -0.2) is 32.8 Å². The molecule has 0 aromatic rings. The molecule has 0 aromatic heterocycles. The molecule has 0 saturated heterocycles. The first-order valence-corrected chi connectivity index (χ1v) is 6.68. The van der Waals surface area contributed by atoms with Gasteiger partial charge in [0.25, 0.3) is 0 Å². The molecule has 2 nitrogen and oxygen atoms in total. The van der Waals surface area contributed by atoms with E-state index in [9.17, 15) is 0 Å². The van der Waals surface area contributed by atoms with Crippen LogP contribution in [0.2, 0.25) is 6.32 Å². The highest BCUT2D eigenvalue weighted by molar-refractivity contribution is 6.10. The van der Waals surface area contributed by atoms with E-state index in [1.807, 2.05) is 20.8 Å². The lowest BCUT2D eigenvalue weighted by atomic mass is 9.92. The van der Waals surface area contributed by atoms with E-state index in [1.54, 1.807) is 0 Å². The van der Waals surface area contributed by atoms with E-state index < -0.39 is 0 Å². The average Bonchev–Trinajstić information content (AvgIpc) is 2.19. The molecule has 0 aliphatic rings. The monoisotopic (exact) mass is 252 g/mol. The Labute approximate surface area is 115 Å². The molecule has 0 amide bonds. The van der Waals surface area contributed by atoms with E-state index in [4.69, 9.17) is 17.3 Å². The summed E-state index contributed by atoms with van der Waals surface area (Å²) >= 11 is 0. The predicted octanol–water partition coefficient (Wildman–Crippen LogP) is 3.77. The molecule has 0 fully saturated rings. The van der Waals surface area contributed by atoms with Crippen LogP contribution in [0.5, 0.6) is 0 Å². The minimum atomic E-state index is -0.166. The van der Waals surface area contributed by atoms with Gasteiger partial charge in [0.1, 0.15) is 6.10 Å². The van der Waals surface area contributed by atoms with Gasteiger partial charge in [-0.25, -0.2) is 0 Å². The molecule has 0 aromatic carbocycles. The Kier molecular flexibility index (Phi) is 7.24. The zero-order valence-corrected chi connectivity index (χ0v) is 13.0. The molecule has 1 atom stereocenters. The van der Waals surface area contributed by atoms with Gasteiger partial charge in [-0.15, -0.1) is 0 Å². The van der Waals surface area contributed by atoms with Crippen molar-refractivity contribution in [2.24, 2.45) is 5.41 Å². The zero-order chi connectivity index (χ0) is 14.4. The maximum atomic E-state index is 5.86. The summed E-state index contributed by atoms with van der Waals surface area (Å²) in [5.41, 5.74) is 1.01. The first-order valence-electron chi connectivity index (χ1n) is 6.68. The fourth-order valence-electron chi connectivity index (χ4n) is 1.25. The SMILES string of the molecule is [B]CC(=C)C(COC(C)(C)C)OCCC(C)(C)C. The summed E-state index contributed by atoms with van der Waals surface area (Å²) in [6, 6.07) is 0. The standard InChI is InChI=1S/C15H29BO2/c1-12(10-16)13(11-18-15(5,6)7)17-9-8-14(2,3)4/h13H,1,8-11H2,2-7H3. The van der Waals surface area contributed by atoms with Gasteiger partial charge in [-0.3, -0.25) is 0 Å². The third-order valence-electron chi connectivity index (χ3n) is 2.56. The third kappa shape index (κ3) is 9.72. The van der Waals surface area contributed by atoms with E-state index in [1.165, 1.54) is 0 Å². The van der Waals surface area contributed by atoms with Crippen molar-refractivity contribution in [3.63, 3.8) is 0 Å². The molecule has 0 bridgehead atoms. The summed E-state index contributed by atoms with van der Waals surface area (Å²) in [4.78, 5) is 0. The van der Waals surface area contributed by atoms with E-state index in [0.717, 1.165) is 12.0 Å². The molecule has 0 saturated carbocycles. The van der Waals surface area contributed by atoms with Crippen LogP contribution in [0.4, 0.5) is 0 Å². The van der Waals surface area contributed by atoms with Crippen LogP contribution in [-0.2, 0) is 9.47 Å². The molecule has 2 radical (unpaired) electrons. The molecule has 18 heavy (non-hydrogen) atoms. The fraction of sp³-hybridized carbons (Fsp3) is 0.867. The van der Waals surface area contributed by atoms with E-state index in [2.05, 4.69) is 27.4 Å². The smallest absolute Gasteiger partial charge is 0.101 e. The second kappa shape index (κ2) is 7.35. The Morgan fingerprint density at radius 1 is 1.17 bits per heavy atom. The Hall–Kier alpha value is -0.275. The van der Waals surface area contributed by atoms with Gasteiger partial charge in [0.2, 0.25) is 0 Å². The minimum absolute atomic E-state index is 0.100. The summed E-state index contributed by atoms with van der Waals surface area (Å²) in [5, 5.41) is 0. The Morgan fingerprint density at radius 2 is 1.72 bits per heavy atom. The molecule has 3 heteroatoms. The van der Waals surface area contributed by atoms with Crippen molar-refractivity contribution in [1.29, 1.82) is 0 Å². The second-order valence-corrected chi connectivity index (χ2v) is 6.96. The first kappa shape index (κ1) is 17.7. The molecule has 0 aliphatic heterocycles. The van der Waals surface area contributed by atoms with Gasteiger partial charge in [0.15, 0.2) is 0 Å². The molecular formula is C15H29BO2. The van der Waals surface area contributed by atoms with Crippen LogP contribution in [0.15, 0.2) is 12.2 Å². The summed E-state index contributed by atoms with van der Waals surface area (Å²) in [7, 11) is 5.63. The summed E-state index contributed by atoms with van der Waals surface area (Å²) in [5.74, 6) is 0. The third-order valence-corrected chi connectivity index (χ3v) is 2.56. The van der Waals surface area contributed by atoms with Crippen molar-refractivity contribution in [2.75, 3.05) is 13.2 Å². The van der Waals surface area contributed by atoms with E-state index in [-0.39, 0.29) is 17.1 Å². The quantitative estimate of drug-likeness (QED) is 0.507. The molecular weight excluding hydrogens is 223 g/mol. The lowest BCUT2D eigenvalue weighted by Gasteiger charge is -2.27. The lowest BCUT2D eigenvalue weighted by Crippen LogP contribution is -2.30. The van der Waals surface area contributed by atoms with Crippen molar-refractivity contribution in [1.82, 2.24) is 0 Å². The highest BCUT2D eigenvalue weighted by atomic mass is 16.5. The fourth-order valence-corrected chi connectivity index (χ4v) is 1.25. The highest BCUT2D eigenvalue weighted by Gasteiger charge is 2.18. The van der Waals surface area contributed by atoms with Crippen LogP contribution in [0.25, 0.3) is 0 Å². The van der Waals surface area contributed by atoms with Gasteiger partial charge in [0.05, 0.1) is 20.1 Å². The average molecular weight is 252 g/mol. The molecule has 0 aliphatic carbocycles. The van der Waals surface area contributed by atoms with Gasteiger partial charge in [-0.2, -0.15) is 0 Å². The Bertz CT molecular complexity index is 248. The van der Waals surface area contributed by atoms with Gasteiger partial charge in [0, 0.05) is 6.61 Å². The van der Waals surface area contributed by atoms with Crippen molar-refractivity contribution in [2.45, 2.75) is 66.0 Å². The van der Waals surface area contributed by atoms with Crippen LogP contribution in [0.3, 0.4) is 0 Å². The van der Waals surface area contributed by atoms with Crippen LogP contribution < -0.4 is 0 Å². The largest absolute Gasteiger partial charge is 0.373 e. The van der Waals surface area contributed by atoms with Crippen LogP contribution in [0, 0.1) is 5.41 Å². The summed E-state index contributed by atoms with van der Waals surface area (Å²) in [6.45, 7) is 17.9. The Balaban J connectivity index is 4.21.